The molecule has 6 aromatic carbocycles. The van der Waals surface area contributed by atoms with Gasteiger partial charge in [0.25, 0.3) is 0 Å². The van der Waals surface area contributed by atoms with Crippen molar-refractivity contribution >= 4 is 61.8 Å². The van der Waals surface area contributed by atoms with E-state index in [2.05, 4.69) is 205 Å². The predicted molar refractivity (Wildman–Crippen MR) is 258 cm³/mol. The van der Waals surface area contributed by atoms with Gasteiger partial charge in [0.2, 0.25) is 0 Å². The first-order valence-electron chi connectivity index (χ1n) is 21.0. The summed E-state index contributed by atoms with van der Waals surface area (Å²) in [5.74, 6) is 1.22. The van der Waals surface area contributed by atoms with Crippen LogP contribution in [0.3, 0.4) is 0 Å². The van der Waals surface area contributed by atoms with E-state index in [1.165, 1.54) is 58.9 Å². The third-order valence-corrected chi connectivity index (χ3v) is 14.5. The maximum atomic E-state index is 5.33. The molecule has 1 aliphatic rings. The van der Waals surface area contributed by atoms with E-state index in [9.17, 15) is 0 Å². The number of hydrogen-bond acceptors (Lipinski definition) is 3. The molecule has 1 atom stereocenters. The summed E-state index contributed by atoms with van der Waals surface area (Å²) in [6.07, 6.45) is 1.91. The summed E-state index contributed by atoms with van der Waals surface area (Å²) >= 11 is 1.83. The second kappa shape index (κ2) is 18.0. The average molecular weight is 997 g/mol. The summed E-state index contributed by atoms with van der Waals surface area (Å²) in [5, 5.41) is 9.39. The molecule has 6 heteroatoms. The van der Waals surface area contributed by atoms with Crippen LogP contribution in [-0.2, 0) is 20.1 Å². The Kier molecular flexibility index (Phi) is 13.0. The Morgan fingerprint density at radius 1 is 0.650 bits per heavy atom. The summed E-state index contributed by atoms with van der Waals surface area (Å²) in [6.45, 7) is 20.9. The van der Waals surface area contributed by atoms with E-state index in [0.717, 1.165) is 28.2 Å². The number of rotatable bonds is 8. The van der Waals surface area contributed by atoms with Crippen LogP contribution in [0.1, 0.15) is 87.7 Å². The quantitative estimate of drug-likeness (QED) is 0.112. The van der Waals surface area contributed by atoms with Crippen LogP contribution in [0.15, 0.2) is 140 Å². The Hall–Kier alpha value is -4.84. The first kappa shape index (κ1) is 43.3. The molecule has 0 spiro atoms. The zero-order valence-electron chi connectivity index (χ0n) is 36.2. The molecule has 8 aromatic rings. The molecule has 0 saturated carbocycles. The van der Waals surface area contributed by atoms with Gasteiger partial charge in [0.05, 0.1) is 8.07 Å². The molecule has 2 aromatic heterocycles. The van der Waals surface area contributed by atoms with Gasteiger partial charge in [-0.25, -0.2) is 11.3 Å². The summed E-state index contributed by atoms with van der Waals surface area (Å²) in [7, 11) is -1.34. The maximum absolute atomic E-state index is 5.33. The Labute approximate surface area is 376 Å². The van der Waals surface area contributed by atoms with Crippen LogP contribution in [0.25, 0.3) is 47.9 Å². The summed E-state index contributed by atoms with van der Waals surface area (Å²) in [5.41, 5.74) is 13.4. The number of hydrogen-bond donors (Lipinski definition) is 0. The smallest absolute Gasteiger partial charge is 0.661 e. The van der Waals surface area contributed by atoms with Crippen molar-refractivity contribution in [1.82, 2.24) is 4.98 Å². The van der Waals surface area contributed by atoms with Crippen LogP contribution < -0.4 is 10.1 Å². The van der Waals surface area contributed by atoms with Gasteiger partial charge in [-0.2, -0.15) is 23.8 Å². The van der Waals surface area contributed by atoms with E-state index in [-0.39, 0.29) is 26.3 Å². The molecule has 0 N–H and O–H groups in total. The van der Waals surface area contributed by atoms with Crippen molar-refractivity contribution < 1.29 is 20.1 Å². The van der Waals surface area contributed by atoms with Crippen LogP contribution in [0, 0.1) is 12.1 Å². The number of anilines is 2. The number of para-hydroxylation sites is 2. The van der Waals surface area contributed by atoms with E-state index < -0.39 is 8.07 Å². The fourth-order valence-electron chi connectivity index (χ4n) is 8.30. The summed E-state index contributed by atoms with van der Waals surface area (Å²) < 4.78 is 2.58. The summed E-state index contributed by atoms with van der Waals surface area (Å²) in [4.78, 5) is 7.15. The van der Waals surface area contributed by atoms with Gasteiger partial charge in [-0.1, -0.05) is 144 Å². The van der Waals surface area contributed by atoms with Gasteiger partial charge in [0, 0.05) is 22.3 Å². The van der Waals surface area contributed by atoms with Gasteiger partial charge in [-0.3, -0.25) is 0 Å². The van der Waals surface area contributed by atoms with Gasteiger partial charge >= 0.3 is 20.1 Å². The Bertz CT molecular complexity index is 2700. The molecule has 1 unspecified atom stereocenters. The van der Waals surface area contributed by atoms with Gasteiger partial charge < -0.3 is 15.2 Å². The minimum absolute atomic E-state index is 0. The number of benzene rings is 6. The number of pyridine rings is 1. The van der Waals surface area contributed by atoms with Gasteiger partial charge in [0.15, 0.2) is 0 Å². The molecule has 0 bridgehead atoms. The van der Waals surface area contributed by atoms with Crippen molar-refractivity contribution in [3.05, 3.63) is 179 Å². The minimum Gasteiger partial charge on any atom is -0.661 e. The van der Waals surface area contributed by atoms with Gasteiger partial charge in [-0.15, -0.1) is 47.0 Å². The van der Waals surface area contributed by atoms with E-state index >= 15 is 0 Å². The largest absolute Gasteiger partial charge is 3.00 e. The van der Waals surface area contributed by atoms with Crippen LogP contribution in [0.2, 0.25) is 19.6 Å². The van der Waals surface area contributed by atoms with Crippen molar-refractivity contribution in [2.75, 3.05) is 4.90 Å². The zero-order chi connectivity index (χ0) is 41.4. The third-order valence-electron chi connectivity index (χ3n) is 11.4. The topological polar surface area (TPSA) is 30.2 Å². The average Bonchev–Trinajstić information content (AvgIpc) is 3.82. The second-order valence-electron chi connectivity index (χ2n) is 17.6. The van der Waals surface area contributed by atoms with Crippen molar-refractivity contribution in [2.45, 2.75) is 85.1 Å². The molecular weight excluding hydrogens is 943 g/mol. The molecular formula is C54H54IrN3SSi. The van der Waals surface area contributed by atoms with E-state index in [1.54, 1.807) is 0 Å². The van der Waals surface area contributed by atoms with E-state index in [1.807, 2.05) is 29.5 Å². The molecule has 3 heterocycles. The number of fused-ring (bicyclic) bond motifs is 4. The van der Waals surface area contributed by atoms with Crippen molar-refractivity contribution in [1.29, 1.82) is 0 Å². The molecule has 0 saturated heterocycles. The third kappa shape index (κ3) is 8.67. The van der Waals surface area contributed by atoms with Crippen LogP contribution in [-0.4, -0.2) is 13.1 Å². The van der Waals surface area contributed by atoms with E-state index in [0.29, 0.717) is 17.8 Å². The van der Waals surface area contributed by atoms with Crippen LogP contribution in [0.5, 0.6) is 0 Å². The Morgan fingerprint density at radius 3 is 1.97 bits per heavy atom. The number of aromatic nitrogens is 1. The standard InChI is InChI=1S/C37H32N2S.C17H22NSi.Ir/c1-23(2)29-21-27(25-12-6-5-7-13-25)22-30(24(3)4)36(29)39-33-16-10-9-15-32(33)38-37(39)26-18-19-35-31(20-26)28-14-8-11-17-34(28)40-35;1-13(2)15-11-16(14-9-7-6-8-10-14)18-12-17(15)19(3,4)5;/h5-17,19-24,37H,1-4H3;6-9,11-13H,1-5H3;/q-2;-1;+3. The van der Waals surface area contributed by atoms with Crippen molar-refractivity contribution in [3.8, 4) is 22.4 Å². The minimum atomic E-state index is -1.34. The Balaban J connectivity index is 0.000000230. The fraction of sp³-hybridized carbons (Fsp3) is 0.241. The van der Waals surface area contributed by atoms with Gasteiger partial charge in [-0.05, 0) is 86.7 Å². The molecule has 0 amide bonds. The van der Waals surface area contributed by atoms with Crippen LogP contribution >= 0.6 is 11.3 Å². The number of thiophene rings is 1. The van der Waals surface area contributed by atoms with Crippen LogP contribution in [0.4, 0.5) is 17.1 Å². The normalized spacial score (nSPS) is 13.7. The molecule has 0 radical (unpaired) electrons. The fourth-order valence-corrected chi connectivity index (χ4v) is 11.0. The molecule has 3 nitrogen and oxygen atoms in total. The Morgan fingerprint density at radius 2 is 1.30 bits per heavy atom. The second-order valence-corrected chi connectivity index (χ2v) is 23.8. The molecule has 60 heavy (non-hydrogen) atoms. The molecule has 304 valence electrons. The van der Waals surface area contributed by atoms with Crippen molar-refractivity contribution in [3.63, 3.8) is 0 Å². The predicted octanol–water partition coefficient (Wildman–Crippen LogP) is 15.8. The molecule has 0 fully saturated rings. The SMILES string of the molecule is CC(C)c1cc(-c2[c-]cccc2)ncc1[Si](C)(C)C.CC(C)c1cc(-c2ccccc2)cc(C(C)C)c1N1c2ccccc2[N-]C1c1[c-]cc2sc3ccccc3c2c1.[Ir+3]. The zero-order valence-corrected chi connectivity index (χ0v) is 40.4. The number of nitrogens with zero attached hydrogens (tertiary/aromatic N) is 3. The first-order valence-corrected chi connectivity index (χ1v) is 25.3. The molecule has 1 aliphatic heterocycles. The monoisotopic (exact) mass is 997 g/mol. The first-order chi connectivity index (χ1) is 28.4. The molecule has 0 aliphatic carbocycles. The van der Waals surface area contributed by atoms with E-state index in [4.69, 9.17) is 5.32 Å². The molecule has 9 rings (SSSR count). The summed E-state index contributed by atoms with van der Waals surface area (Å²) in [6, 6.07) is 54.5. The maximum Gasteiger partial charge on any atom is 3.00 e. The van der Waals surface area contributed by atoms with Gasteiger partial charge in [0.1, 0.15) is 0 Å². The van der Waals surface area contributed by atoms with Crippen molar-refractivity contribution in [2.24, 2.45) is 0 Å².